The zero-order chi connectivity index (χ0) is 16.1. The van der Waals surface area contributed by atoms with Crippen LogP contribution in [0.25, 0.3) is 5.82 Å². The zero-order valence-electron chi connectivity index (χ0n) is 11.8. The SMILES string of the molecule is O=C(COc1ccc(F)cc1)Nc1cc(-n2cncn2)ncn1. The summed E-state index contributed by atoms with van der Waals surface area (Å²) >= 11 is 0. The average Bonchev–Trinajstić information content (AvgIpc) is 3.09. The van der Waals surface area contributed by atoms with Crippen LogP contribution in [0.3, 0.4) is 0 Å². The van der Waals surface area contributed by atoms with Crippen LogP contribution in [0.5, 0.6) is 5.75 Å². The highest BCUT2D eigenvalue weighted by Gasteiger charge is 2.07. The number of halogens is 1. The van der Waals surface area contributed by atoms with Crippen LogP contribution in [0.4, 0.5) is 10.2 Å². The van der Waals surface area contributed by atoms with E-state index >= 15 is 0 Å². The number of ether oxygens (including phenoxy) is 1. The van der Waals surface area contributed by atoms with Crippen molar-refractivity contribution in [3.63, 3.8) is 0 Å². The predicted octanol–water partition coefficient (Wildman–Crippen LogP) is 1.21. The van der Waals surface area contributed by atoms with Crippen LogP contribution in [0.2, 0.25) is 0 Å². The molecule has 3 aromatic rings. The van der Waals surface area contributed by atoms with Gasteiger partial charge in [0.25, 0.3) is 5.91 Å². The summed E-state index contributed by atoms with van der Waals surface area (Å²) in [5, 5.41) is 6.51. The fourth-order valence-electron chi connectivity index (χ4n) is 1.73. The predicted molar refractivity (Wildman–Crippen MR) is 77.5 cm³/mol. The van der Waals surface area contributed by atoms with Crippen LogP contribution >= 0.6 is 0 Å². The highest BCUT2D eigenvalue weighted by atomic mass is 19.1. The van der Waals surface area contributed by atoms with E-state index in [0.29, 0.717) is 17.4 Å². The lowest BCUT2D eigenvalue weighted by Crippen LogP contribution is -2.21. The Balaban J connectivity index is 1.59. The number of amides is 1. The van der Waals surface area contributed by atoms with E-state index in [0.717, 1.165) is 0 Å². The Hall–Kier alpha value is -3.36. The minimum absolute atomic E-state index is 0.228. The van der Waals surface area contributed by atoms with Gasteiger partial charge in [0.05, 0.1) is 0 Å². The van der Waals surface area contributed by atoms with Gasteiger partial charge in [-0.15, -0.1) is 0 Å². The Morgan fingerprint density at radius 1 is 1.22 bits per heavy atom. The van der Waals surface area contributed by atoms with Gasteiger partial charge in [0.2, 0.25) is 0 Å². The van der Waals surface area contributed by atoms with Crippen molar-refractivity contribution in [3.05, 3.63) is 55.1 Å². The van der Waals surface area contributed by atoms with Crippen molar-refractivity contribution in [3.8, 4) is 11.6 Å². The van der Waals surface area contributed by atoms with Crippen molar-refractivity contribution >= 4 is 11.7 Å². The Morgan fingerprint density at radius 2 is 2.04 bits per heavy atom. The van der Waals surface area contributed by atoms with Crippen LogP contribution < -0.4 is 10.1 Å². The molecule has 116 valence electrons. The number of anilines is 1. The summed E-state index contributed by atoms with van der Waals surface area (Å²) in [6.07, 6.45) is 4.15. The van der Waals surface area contributed by atoms with Crippen molar-refractivity contribution in [2.24, 2.45) is 0 Å². The molecule has 0 bridgehead atoms. The number of hydrogen-bond acceptors (Lipinski definition) is 6. The minimum Gasteiger partial charge on any atom is -0.484 e. The molecule has 0 saturated heterocycles. The second-order valence-corrected chi connectivity index (χ2v) is 4.39. The summed E-state index contributed by atoms with van der Waals surface area (Å²) in [7, 11) is 0. The maximum Gasteiger partial charge on any atom is 0.263 e. The Kier molecular flexibility index (Phi) is 4.18. The molecule has 0 unspecified atom stereocenters. The number of nitrogens with zero attached hydrogens (tertiary/aromatic N) is 5. The first kappa shape index (κ1) is 14.6. The van der Waals surface area contributed by atoms with E-state index in [-0.39, 0.29) is 12.4 Å². The molecule has 9 heteroatoms. The van der Waals surface area contributed by atoms with Crippen LogP contribution in [0, 0.1) is 5.82 Å². The molecule has 23 heavy (non-hydrogen) atoms. The van der Waals surface area contributed by atoms with Gasteiger partial charge in [-0.25, -0.2) is 24.0 Å². The van der Waals surface area contributed by atoms with Gasteiger partial charge in [0, 0.05) is 6.07 Å². The Labute approximate surface area is 130 Å². The quantitative estimate of drug-likeness (QED) is 0.760. The molecular weight excluding hydrogens is 303 g/mol. The van der Waals surface area contributed by atoms with E-state index in [9.17, 15) is 9.18 Å². The van der Waals surface area contributed by atoms with Crippen LogP contribution in [-0.2, 0) is 4.79 Å². The van der Waals surface area contributed by atoms with Crippen molar-refractivity contribution in [2.45, 2.75) is 0 Å². The van der Waals surface area contributed by atoms with E-state index in [1.165, 1.54) is 47.9 Å². The van der Waals surface area contributed by atoms with E-state index in [2.05, 4.69) is 25.4 Å². The molecule has 1 aromatic carbocycles. The fourth-order valence-corrected chi connectivity index (χ4v) is 1.73. The van der Waals surface area contributed by atoms with E-state index in [4.69, 9.17) is 4.74 Å². The average molecular weight is 314 g/mol. The summed E-state index contributed by atoms with van der Waals surface area (Å²) in [6.45, 7) is -0.228. The van der Waals surface area contributed by atoms with Crippen LogP contribution in [-0.4, -0.2) is 37.2 Å². The molecule has 2 aromatic heterocycles. The number of rotatable bonds is 5. The number of aromatic nitrogens is 5. The normalized spacial score (nSPS) is 10.3. The van der Waals surface area contributed by atoms with Gasteiger partial charge >= 0.3 is 0 Å². The second kappa shape index (κ2) is 6.60. The molecule has 0 radical (unpaired) electrons. The zero-order valence-corrected chi connectivity index (χ0v) is 11.8. The number of carbonyl (C=O) groups is 1. The summed E-state index contributed by atoms with van der Waals surface area (Å²) in [4.78, 5) is 23.6. The molecule has 0 aliphatic heterocycles. The van der Waals surface area contributed by atoms with Crippen molar-refractivity contribution in [1.82, 2.24) is 24.7 Å². The lowest BCUT2D eigenvalue weighted by atomic mass is 10.3. The van der Waals surface area contributed by atoms with Crippen molar-refractivity contribution in [1.29, 1.82) is 0 Å². The smallest absolute Gasteiger partial charge is 0.263 e. The summed E-state index contributed by atoms with van der Waals surface area (Å²) in [6, 6.07) is 6.93. The maximum absolute atomic E-state index is 12.8. The first-order chi connectivity index (χ1) is 11.2. The number of carbonyl (C=O) groups excluding carboxylic acids is 1. The molecule has 1 N–H and O–H groups in total. The first-order valence-electron chi connectivity index (χ1n) is 6.56. The lowest BCUT2D eigenvalue weighted by molar-refractivity contribution is -0.118. The van der Waals surface area contributed by atoms with Gasteiger partial charge in [-0.05, 0) is 24.3 Å². The maximum atomic E-state index is 12.8. The summed E-state index contributed by atoms with van der Waals surface area (Å²) < 4.78 is 19.5. The Morgan fingerprint density at radius 3 is 2.78 bits per heavy atom. The molecule has 8 nitrogen and oxygen atoms in total. The van der Waals surface area contributed by atoms with Crippen LogP contribution in [0.1, 0.15) is 0 Å². The van der Waals surface area contributed by atoms with Gasteiger partial charge in [-0.3, -0.25) is 4.79 Å². The number of nitrogens with one attached hydrogen (secondary N) is 1. The summed E-state index contributed by atoms with van der Waals surface area (Å²) in [5.41, 5.74) is 0. The molecule has 3 rings (SSSR count). The molecule has 2 heterocycles. The van der Waals surface area contributed by atoms with Crippen molar-refractivity contribution < 1.29 is 13.9 Å². The van der Waals surface area contributed by atoms with E-state index in [1.807, 2.05) is 0 Å². The van der Waals surface area contributed by atoms with Gasteiger partial charge in [0.1, 0.15) is 36.4 Å². The highest BCUT2D eigenvalue weighted by molar-refractivity contribution is 5.91. The van der Waals surface area contributed by atoms with E-state index in [1.54, 1.807) is 6.07 Å². The molecule has 1 amide bonds. The monoisotopic (exact) mass is 314 g/mol. The number of benzene rings is 1. The van der Waals surface area contributed by atoms with Crippen molar-refractivity contribution in [2.75, 3.05) is 11.9 Å². The third-order valence-corrected chi connectivity index (χ3v) is 2.76. The van der Waals surface area contributed by atoms with Gasteiger partial charge in [-0.2, -0.15) is 5.10 Å². The largest absolute Gasteiger partial charge is 0.484 e. The molecule has 0 aliphatic carbocycles. The molecule has 0 fully saturated rings. The first-order valence-corrected chi connectivity index (χ1v) is 6.56. The van der Waals surface area contributed by atoms with Gasteiger partial charge < -0.3 is 10.1 Å². The topological polar surface area (TPSA) is 94.8 Å². The van der Waals surface area contributed by atoms with Gasteiger partial charge in [0.15, 0.2) is 12.4 Å². The van der Waals surface area contributed by atoms with E-state index < -0.39 is 5.91 Å². The Bertz CT molecular complexity index is 791. The number of hydrogen-bond donors (Lipinski definition) is 1. The van der Waals surface area contributed by atoms with Gasteiger partial charge in [-0.1, -0.05) is 0 Å². The fraction of sp³-hybridized carbons (Fsp3) is 0.0714. The third kappa shape index (κ3) is 3.84. The molecule has 0 saturated carbocycles. The highest BCUT2D eigenvalue weighted by Crippen LogP contribution is 2.11. The standard InChI is InChI=1S/C14H11FN6O2/c15-10-1-3-11(4-2-10)23-6-14(22)20-12-5-13(18-8-17-12)21-9-16-7-19-21/h1-5,7-9H,6H2,(H,17,18,20,22). The summed E-state index contributed by atoms with van der Waals surface area (Å²) in [5.74, 6) is 0.388. The molecule has 0 spiro atoms. The molecule has 0 aliphatic rings. The minimum atomic E-state index is -0.405. The second-order valence-electron chi connectivity index (χ2n) is 4.39. The van der Waals surface area contributed by atoms with Crippen LogP contribution in [0.15, 0.2) is 49.3 Å². The third-order valence-electron chi connectivity index (χ3n) is 2.76. The lowest BCUT2D eigenvalue weighted by Gasteiger charge is -2.07. The molecular formula is C14H11FN6O2. The molecule has 0 atom stereocenters.